The molecule has 0 spiro atoms. The highest BCUT2D eigenvalue weighted by molar-refractivity contribution is 7.92. The van der Waals surface area contributed by atoms with E-state index in [1.54, 1.807) is 38.1 Å². The Bertz CT molecular complexity index is 1350. The van der Waals surface area contributed by atoms with Gasteiger partial charge in [0.05, 0.1) is 16.5 Å². The molecule has 0 fully saturated rings. The van der Waals surface area contributed by atoms with Gasteiger partial charge in [0.15, 0.2) is 5.11 Å². The molecule has 0 aliphatic heterocycles. The second-order valence-corrected chi connectivity index (χ2v) is 10.6. The molecule has 0 radical (unpaired) electrons. The minimum absolute atomic E-state index is 0.000236. The van der Waals surface area contributed by atoms with E-state index in [1.165, 1.54) is 24.3 Å². The lowest BCUT2D eigenvalue weighted by Crippen LogP contribution is -2.34. The van der Waals surface area contributed by atoms with Crippen LogP contribution in [0.3, 0.4) is 0 Å². The van der Waals surface area contributed by atoms with Crippen molar-refractivity contribution < 1.29 is 17.9 Å². The summed E-state index contributed by atoms with van der Waals surface area (Å²) in [5, 5.41) is 6.40. The molecule has 1 aromatic heterocycles. The molecule has 3 N–H and O–H groups in total. The molecule has 0 saturated carbocycles. The zero-order valence-electron chi connectivity index (χ0n) is 19.3. The third-order valence-electron chi connectivity index (χ3n) is 4.58. The van der Waals surface area contributed by atoms with Crippen molar-refractivity contribution in [2.75, 3.05) is 16.6 Å². The molecule has 13 heteroatoms. The van der Waals surface area contributed by atoms with E-state index in [9.17, 15) is 13.2 Å². The summed E-state index contributed by atoms with van der Waals surface area (Å²) in [5.74, 6) is 0.191. The number of hydrogen-bond donors (Lipinski definition) is 3. The Labute approximate surface area is 224 Å². The van der Waals surface area contributed by atoms with Crippen LogP contribution in [0.2, 0.25) is 10.0 Å². The predicted molar refractivity (Wildman–Crippen MR) is 144 cm³/mol. The lowest BCUT2D eigenvalue weighted by atomic mass is 10.3. The Morgan fingerprint density at radius 1 is 1.03 bits per heavy atom. The number of benzene rings is 2. The molecule has 0 aliphatic rings. The van der Waals surface area contributed by atoms with Gasteiger partial charge in [0, 0.05) is 28.5 Å². The van der Waals surface area contributed by atoms with Crippen molar-refractivity contribution in [3.63, 3.8) is 0 Å². The van der Waals surface area contributed by atoms with Gasteiger partial charge in [-0.3, -0.25) is 4.79 Å². The molecule has 190 valence electrons. The molecular weight excluding hydrogens is 545 g/mol. The topological polar surface area (TPSA) is 122 Å². The predicted octanol–water partition coefficient (Wildman–Crippen LogP) is 4.87. The molecule has 3 aromatic rings. The fourth-order valence-corrected chi connectivity index (χ4v) is 4.67. The van der Waals surface area contributed by atoms with Gasteiger partial charge in [-0.25, -0.2) is 23.1 Å². The number of carbonyl (C=O) groups excluding carboxylic acids is 1. The summed E-state index contributed by atoms with van der Waals surface area (Å²) in [4.78, 5) is 20.3. The van der Waals surface area contributed by atoms with Gasteiger partial charge in [0.25, 0.3) is 10.0 Å². The Morgan fingerprint density at radius 2 is 1.69 bits per heavy atom. The number of thiocarbonyl (C=S) groups is 1. The number of aryl methyl sites for hydroxylation is 2. The number of nitrogens with one attached hydrogen (secondary N) is 3. The summed E-state index contributed by atoms with van der Waals surface area (Å²) >= 11 is 17.1. The van der Waals surface area contributed by atoms with Crippen molar-refractivity contribution in [3.05, 3.63) is 70.0 Å². The first kappa shape index (κ1) is 27.6. The third-order valence-corrected chi connectivity index (χ3v) is 6.66. The summed E-state index contributed by atoms with van der Waals surface area (Å²) in [6.45, 7) is 3.78. The van der Waals surface area contributed by atoms with E-state index in [0.29, 0.717) is 39.3 Å². The van der Waals surface area contributed by atoms with Gasteiger partial charge in [0.2, 0.25) is 11.9 Å². The minimum atomic E-state index is -3.88. The van der Waals surface area contributed by atoms with Gasteiger partial charge in [-0.2, -0.15) is 0 Å². The number of halogens is 2. The summed E-state index contributed by atoms with van der Waals surface area (Å²) < 4.78 is 33.2. The number of amides is 1. The molecule has 0 bridgehead atoms. The van der Waals surface area contributed by atoms with Gasteiger partial charge >= 0.3 is 0 Å². The largest absolute Gasteiger partial charge is 0.492 e. The van der Waals surface area contributed by atoms with Crippen molar-refractivity contribution in [1.29, 1.82) is 0 Å². The van der Waals surface area contributed by atoms with E-state index in [-0.39, 0.29) is 34.9 Å². The Hall–Kier alpha value is -2.99. The molecule has 9 nitrogen and oxygen atoms in total. The van der Waals surface area contributed by atoms with E-state index in [1.807, 2.05) is 0 Å². The van der Waals surface area contributed by atoms with Gasteiger partial charge in [-0.1, -0.05) is 23.2 Å². The van der Waals surface area contributed by atoms with Crippen LogP contribution in [0.25, 0.3) is 0 Å². The van der Waals surface area contributed by atoms with Crippen LogP contribution in [0, 0.1) is 13.8 Å². The summed E-state index contributed by atoms with van der Waals surface area (Å²) in [6, 6.07) is 12.5. The summed E-state index contributed by atoms with van der Waals surface area (Å²) in [7, 11) is -3.88. The van der Waals surface area contributed by atoms with Crippen LogP contribution in [0.5, 0.6) is 5.75 Å². The van der Waals surface area contributed by atoms with Crippen LogP contribution in [-0.4, -0.2) is 36.0 Å². The van der Waals surface area contributed by atoms with Gasteiger partial charge < -0.3 is 15.4 Å². The standard InChI is InChI=1S/C23H23Cl2N5O4S2/c1-14-12-15(2)27-22(26-14)30-36(32,33)18-8-6-17(7-9-18)28-23(35)29-21(31)4-3-11-34-20-10-5-16(24)13-19(20)25/h5-10,12-13H,3-4,11H2,1-2H3,(H,26,27,30)(H2,28,29,31,35). The van der Waals surface area contributed by atoms with Crippen molar-refractivity contribution in [1.82, 2.24) is 15.3 Å². The van der Waals surface area contributed by atoms with E-state index >= 15 is 0 Å². The van der Waals surface area contributed by atoms with Crippen LogP contribution in [0.1, 0.15) is 24.2 Å². The zero-order valence-corrected chi connectivity index (χ0v) is 22.5. The number of aromatic nitrogens is 2. The second kappa shape index (κ2) is 12.3. The number of ether oxygens (including phenoxy) is 1. The van der Waals surface area contributed by atoms with Crippen LogP contribution < -0.4 is 20.1 Å². The number of rotatable bonds is 9. The highest BCUT2D eigenvalue weighted by Crippen LogP contribution is 2.27. The van der Waals surface area contributed by atoms with Crippen molar-refractivity contribution >= 4 is 68.1 Å². The first-order chi connectivity index (χ1) is 17.0. The van der Waals surface area contributed by atoms with E-state index in [0.717, 1.165) is 0 Å². The Balaban J connectivity index is 1.46. The molecule has 0 unspecified atom stereocenters. The van der Waals surface area contributed by atoms with Crippen molar-refractivity contribution in [2.45, 2.75) is 31.6 Å². The molecular formula is C23H23Cl2N5O4S2. The molecule has 1 heterocycles. The lowest BCUT2D eigenvalue weighted by Gasteiger charge is -2.11. The smallest absolute Gasteiger partial charge is 0.264 e. The molecule has 3 rings (SSSR count). The number of nitrogens with zero attached hydrogens (tertiary/aromatic N) is 2. The molecule has 2 aromatic carbocycles. The fraction of sp³-hybridized carbons (Fsp3) is 0.217. The van der Waals surface area contributed by atoms with Gasteiger partial charge in [-0.05, 0) is 81.0 Å². The minimum Gasteiger partial charge on any atom is -0.492 e. The molecule has 0 atom stereocenters. The maximum absolute atomic E-state index is 12.6. The van der Waals surface area contributed by atoms with Gasteiger partial charge in [0.1, 0.15) is 5.75 Å². The molecule has 1 amide bonds. The molecule has 36 heavy (non-hydrogen) atoms. The normalized spacial score (nSPS) is 11.0. The van der Waals surface area contributed by atoms with Gasteiger partial charge in [-0.15, -0.1) is 0 Å². The van der Waals surface area contributed by atoms with Crippen molar-refractivity contribution in [2.24, 2.45) is 0 Å². The number of anilines is 2. The summed E-state index contributed by atoms with van der Waals surface area (Å²) in [5.41, 5.74) is 1.80. The monoisotopic (exact) mass is 567 g/mol. The Kier molecular flexibility index (Phi) is 9.43. The SMILES string of the molecule is Cc1cc(C)nc(NS(=O)(=O)c2ccc(NC(=S)NC(=O)CCCOc3ccc(Cl)cc3Cl)cc2)n1. The zero-order chi connectivity index (χ0) is 26.3. The van der Waals surface area contributed by atoms with E-state index < -0.39 is 10.0 Å². The molecule has 0 saturated heterocycles. The lowest BCUT2D eigenvalue weighted by molar-refractivity contribution is -0.119. The van der Waals surface area contributed by atoms with E-state index in [2.05, 4.69) is 25.3 Å². The number of carbonyl (C=O) groups is 1. The highest BCUT2D eigenvalue weighted by Gasteiger charge is 2.16. The summed E-state index contributed by atoms with van der Waals surface area (Å²) in [6.07, 6.45) is 0.619. The highest BCUT2D eigenvalue weighted by atomic mass is 35.5. The quantitative estimate of drug-likeness (QED) is 0.247. The first-order valence-corrected chi connectivity index (χ1v) is 13.3. The number of hydrogen-bond acceptors (Lipinski definition) is 7. The van der Waals surface area contributed by atoms with Crippen LogP contribution in [0.15, 0.2) is 53.4 Å². The number of sulfonamides is 1. The maximum Gasteiger partial charge on any atom is 0.264 e. The fourth-order valence-electron chi connectivity index (χ4n) is 3.03. The van der Waals surface area contributed by atoms with E-state index in [4.69, 9.17) is 40.2 Å². The average Bonchev–Trinajstić information content (AvgIpc) is 2.77. The average molecular weight is 569 g/mol. The van der Waals surface area contributed by atoms with Crippen molar-refractivity contribution in [3.8, 4) is 5.75 Å². The first-order valence-electron chi connectivity index (χ1n) is 10.7. The Morgan fingerprint density at radius 3 is 2.33 bits per heavy atom. The third kappa shape index (κ3) is 8.30. The maximum atomic E-state index is 12.6. The van der Waals surface area contributed by atoms with Crippen LogP contribution in [-0.2, 0) is 14.8 Å². The van der Waals surface area contributed by atoms with Crippen LogP contribution >= 0.6 is 35.4 Å². The molecule has 0 aliphatic carbocycles. The second-order valence-electron chi connectivity index (χ2n) is 7.63. The van der Waals surface area contributed by atoms with Crippen LogP contribution in [0.4, 0.5) is 11.6 Å².